The number of aromatic amines is 1. The molecule has 3 heteroatoms. The van der Waals surface area contributed by atoms with Gasteiger partial charge in [0.2, 0.25) is 0 Å². The van der Waals surface area contributed by atoms with Gasteiger partial charge in [-0.1, -0.05) is 36.8 Å². The second-order valence-electron chi connectivity index (χ2n) is 4.40. The van der Waals surface area contributed by atoms with Crippen molar-refractivity contribution in [2.24, 2.45) is 0 Å². The number of hydrogen-bond donors (Lipinski definition) is 1. The molecule has 0 saturated heterocycles. The van der Waals surface area contributed by atoms with Crippen molar-refractivity contribution in [3.63, 3.8) is 0 Å². The lowest BCUT2D eigenvalue weighted by Gasteiger charge is -2.17. The fraction of sp³-hybridized carbons (Fsp3) is 0.357. The average Bonchev–Trinajstić information content (AvgIpc) is 2.70. The summed E-state index contributed by atoms with van der Waals surface area (Å²) in [5.41, 5.74) is 3.83. The van der Waals surface area contributed by atoms with Crippen molar-refractivity contribution >= 4 is 12.2 Å². The van der Waals surface area contributed by atoms with Crippen molar-refractivity contribution in [2.75, 3.05) is 0 Å². The lowest BCUT2D eigenvalue weighted by atomic mass is 10.1. The summed E-state index contributed by atoms with van der Waals surface area (Å²) in [6.45, 7) is 6.44. The zero-order chi connectivity index (χ0) is 12.4. The zero-order valence-electron chi connectivity index (χ0n) is 10.5. The zero-order valence-corrected chi connectivity index (χ0v) is 11.3. The Bertz CT molecular complexity index is 548. The molecule has 0 spiro atoms. The van der Waals surface area contributed by atoms with Crippen molar-refractivity contribution in [2.45, 2.75) is 33.2 Å². The number of benzene rings is 1. The van der Waals surface area contributed by atoms with E-state index in [1.54, 1.807) is 0 Å². The summed E-state index contributed by atoms with van der Waals surface area (Å²) < 4.78 is 3.00. The van der Waals surface area contributed by atoms with Crippen LogP contribution in [-0.2, 0) is 6.42 Å². The SMILES string of the molecule is CCc1c[nH]c(=S)n1C(C)c1ccc(C)cc1. The van der Waals surface area contributed by atoms with E-state index in [0.717, 1.165) is 11.2 Å². The quantitative estimate of drug-likeness (QED) is 0.811. The highest BCUT2D eigenvalue weighted by Crippen LogP contribution is 2.21. The van der Waals surface area contributed by atoms with Gasteiger partial charge >= 0.3 is 0 Å². The van der Waals surface area contributed by atoms with E-state index in [0.29, 0.717) is 0 Å². The molecule has 2 aromatic rings. The molecular formula is C14H18N2S. The highest BCUT2D eigenvalue weighted by molar-refractivity contribution is 7.71. The van der Waals surface area contributed by atoms with Crippen LogP contribution in [0.3, 0.4) is 0 Å². The molecule has 1 atom stereocenters. The van der Waals surface area contributed by atoms with Gasteiger partial charge in [0.15, 0.2) is 4.77 Å². The van der Waals surface area contributed by atoms with Crippen molar-refractivity contribution in [1.82, 2.24) is 9.55 Å². The highest BCUT2D eigenvalue weighted by Gasteiger charge is 2.11. The van der Waals surface area contributed by atoms with Crippen LogP contribution in [-0.4, -0.2) is 9.55 Å². The molecule has 0 radical (unpaired) electrons. The summed E-state index contributed by atoms with van der Waals surface area (Å²) in [5.74, 6) is 0. The van der Waals surface area contributed by atoms with Gasteiger partial charge in [-0.3, -0.25) is 0 Å². The fourth-order valence-corrected chi connectivity index (χ4v) is 2.44. The fourth-order valence-electron chi connectivity index (χ4n) is 2.11. The lowest BCUT2D eigenvalue weighted by Crippen LogP contribution is -2.09. The number of rotatable bonds is 3. The third-order valence-corrected chi connectivity index (χ3v) is 3.51. The van der Waals surface area contributed by atoms with Crippen LogP contribution in [0.5, 0.6) is 0 Å². The van der Waals surface area contributed by atoms with Crippen molar-refractivity contribution in [1.29, 1.82) is 0 Å². The maximum absolute atomic E-state index is 5.35. The van der Waals surface area contributed by atoms with Crippen LogP contribution in [0.4, 0.5) is 0 Å². The molecule has 1 N–H and O–H groups in total. The first-order chi connectivity index (χ1) is 8.13. The normalized spacial score (nSPS) is 12.6. The topological polar surface area (TPSA) is 20.7 Å². The van der Waals surface area contributed by atoms with Gasteiger partial charge in [-0.2, -0.15) is 0 Å². The first-order valence-corrected chi connectivity index (χ1v) is 6.39. The van der Waals surface area contributed by atoms with Crippen LogP contribution in [0.15, 0.2) is 30.5 Å². The van der Waals surface area contributed by atoms with E-state index in [1.807, 2.05) is 6.20 Å². The van der Waals surface area contributed by atoms with Crippen molar-refractivity contribution in [3.8, 4) is 0 Å². The summed E-state index contributed by atoms with van der Waals surface area (Å²) in [7, 11) is 0. The Morgan fingerprint density at radius 2 is 1.94 bits per heavy atom. The van der Waals surface area contributed by atoms with Crippen LogP contribution in [0.2, 0.25) is 0 Å². The Hall–Kier alpha value is -1.35. The Kier molecular flexibility index (Phi) is 3.48. The minimum absolute atomic E-state index is 0.282. The first-order valence-electron chi connectivity index (χ1n) is 5.98. The molecule has 1 aromatic heterocycles. The number of H-pyrrole nitrogens is 1. The second kappa shape index (κ2) is 4.88. The molecular weight excluding hydrogens is 228 g/mol. The molecule has 0 aliphatic heterocycles. The molecule has 0 bridgehead atoms. The van der Waals surface area contributed by atoms with Gasteiger partial charge < -0.3 is 9.55 Å². The summed E-state index contributed by atoms with van der Waals surface area (Å²) in [5, 5.41) is 0. The standard InChI is InChI=1S/C14H18N2S/c1-4-13-9-15-14(17)16(13)11(3)12-7-5-10(2)6-8-12/h5-9,11H,4H2,1-3H3,(H,15,17). The van der Waals surface area contributed by atoms with Gasteiger partial charge in [0.25, 0.3) is 0 Å². The third kappa shape index (κ3) is 2.34. The molecule has 2 nitrogen and oxygen atoms in total. The molecule has 17 heavy (non-hydrogen) atoms. The molecule has 90 valence electrons. The van der Waals surface area contributed by atoms with E-state index in [2.05, 4.69) is 54.6 Å². The molecule has 0 amide bonds. The van der Waals surface area contributed by atoms with Gasteiger partial charge in [-0.05, 0) is 38.0 Å². The summed E-state index contributed by atoms with van der Waals surface area (Å²) in [6, 6.07) is 8.92. The van der Waals surface area contributed by atoms with Gasteiger partial charge in [-0.15, -0.1) is 0 Å². The van der Waals surface area contributed by atoms with E-state index >= 15 is 0 Å². The van der Waals surface area contributed by atoms with E-state index in [-0.39, 0.29) is 6.04 Å². The molecule has 1 heterocycles. The smallest absolute Gasteiger partial charge is 0.177 e. The Labute approximate surface area is 107 Å². The summed E-state index contributed by atoms with van der Waals surface area (Å²) >= 11 is 5.35. The Balaban J connectivity index is 2.43. The number of imidazole rings is 1. The van der Waals surface area contributed by atoms with Crippen molar-refractivity contribution < 1.29 is 0 Å². The molecule has 0 aliphatic carbocycles. The van der Waals surface area contributed by atoms with Gasteiger partial charge in [0.05, 0.1) is 6.04 Å². The van der Waals surface area contributed by atoms with Gasteiger partial charge in [0, 0.05) is 11.9 Å². The van der Waals surface area contributed by atoms with Crippen LogP contribution < -0.4 is 0 Å². The van der Waals surface area contributed by atoms with Crippen LogP contribution in [0.25, 0.3) is 0 Å². The predicted molar refractivity (Wildman–Crippen MR) is 74.0 cm³/mol. The van der Waals surface area contributed by atoms with E-state index in [4.69, 9.17) is 12.2 Å². The van der Waals surface area contributed by atoms with Crippen LogP contribution >= 0.6 is 12.2 Å². The lowest BCUT2D eigenvalue weighted by molar-refractivity contribution is 0.604. The average molecular weight is 246 g/mol. The number of aromatic nitrogens is 2. The Morgan fingerprint density at radius 3 is 2.53 bits per heavy atom. The molecule has 2 rings (SSSR count). The van der Waals surface area contributed by atoms with Crippen molar-refractivity contribution in [3.05, 3.63) is 52.1 Å². The predicted octanol–water partition coefficient (Wildman–Crippen LogP) is 4.03. The summed E-state index contributed by atoms with van der Waals surface area (Å²) in [6.07, 6.45) is 3.00. The van der Waals surface area contributed by atoms with E-state index in [1.165, 1.54) is 16.8 Å². The van der Waals surface area contributed by atoms with Crippen LogP contribution in [0, 0.1) is 11.7 Å². The third-order valence-electron chi connectivity index (χ3n) is 3.20. The largest absolute Gasteiger partial charge is 0.337 e. The second-order valence-corrected chi connectivity index (χ2v) is 4.78. The first kappa shape index (κ1) is 12.1. The monoisotopic (exact) mass is 246 g/mol. The van der Waals surface area contributed by atoms with Gasteiger partial charge in [0.1, 0.15) is 0 Å². The minimum atomic E-state index is 0.282. The number of aryl methyl sites for hydroxylation is 2. The molecule has 0 aliphatic rings. The minimum Gasteiger partial charge on any atom is -0.337 e. The molecule has 0 saturated carbocycles. The maximum atomic E-state index is 5.35. The summed E-state index contributed by atoms with van der Waals surface area (Å²) in [4.78, 5) is 3.13. The number of hydrogen-bond acceptors (Lipinski definition) is 1. The molecule has 1 aromatic carbocycles. The van der Waals surface area contributed by atoms with E-state index in [9.17, 15) is 0 Å². The molecule has 1 unspecified atom stereocenters. The van der Waals surface area contributed by atoms with E-state index < -0.39 is 0 Å². The number of nitrogens with zero attached hydrogens (tertiary/aromatic N) is 1. The maximum Gasteiger partial charge on any atom is 0.177 e. The highest BCUT2D eigenvalue weighted by atomic mass is 32.1. The molecule has 0 fully saturated rings. The number of nitrogens with one attached hydrogen (secondary N) is 1. The van der Waals surface area contributed by atoms with Gasteiger partial charge in [-0.25, -0.2) is 0 Å². The Morgan fingerprint density at radius 1 is 1.29 bits per heavy atom. The van der Waals surface area contributed by atoms with Crippen LogP contribution in [0.1, 0.15) is 36.7 Å².